The molecule has 1 unspecified atom stereocenters. The molecule has 0 radical (unpaired) electrons. The molecule has 0 aliphatic heterocycles. The lowest BCUT2D eigenvalue weighted by Gasteiger charge is -2.03. The Morgan fingerprint density at radius 1 is 0.552 bits per heavy atom. The van der Waals surface area contributed by atoms with Crippen LogP contribution in [-0.2, 0) is 0 Å². The number of halogens is 1. The molecule has 0 fully saturated rings. The second-order valence-corrected chi connectivity index (χ2v) is 9.57. The average Bonchev–Trinajstić information content (AvgIpc) is 3.10. The maximum atomic E-state index is 2.30. The van der Waals surface area contributed by atoms with E-state index in [0.717, 1.165) is 0 Å². The van der Waals surface area contributed by atoms with Crippen molar-refractivity contribution in [2.75, 3.05) is 0 Å². The first kappa shape index (κ1) is 19.8. The van der Waals surface area contributed by atoms with Crippen LogP contribution >= 0.6 is 22.2 Å². The molecule has 0 aliphatic carbocycles. The fourth-order valence-corrected chi connectivity index (χ4v) is 7.38. The van der Waals surface area contributed by atoms with Crippen LogP contribution < -0.4 is 12.4 Å². The van der Waals surface area contributed by atoms with Gasteiger partial charge in [0.15, 0.2) is 9.60 Å². The Morgan fingerprint density at radius 3 is 1.79 bits per heavy atom. The largest absolute Gasteiger partial charge is 1.00 e. The second-order valence-electron chi connectivity index (χ2n) is 6.55. The molecule has 3 heteroatoms. The molecule has 0 nitrogen and oxygen atoms in total. The molecule has 0 saturated carbocycles. The van der Waals surface area contributed by atoms with Gasteiger partial charge in [0.25, 0.3) is 0 Å². The van der Waals surface area contributed by atoms with Crippen LogP contribution in [0.2, 0.25) is 0 Å². The first-order chi connectivity index (χ1) is 13.9. The van der Waals surface area contributed by atoms with Crippen LogP contribution in [-0.4, -0.2) is 0 Å². The highest BCUT2D eigenvalue weighted by molar-refractivity contribution is 8.00. The number of rotatable bonds is 4. The summed E-state index contributed by atoms with van der Waals surface area (Å²) in [4.78, 5) is 5.46. The topological polar surface area (TPSA) is 0 Å². The van der Waals surface area contributed by atoms with Gasteiger partial charge in [-0.2, -0.15) is 0 Å². The van der Waals surface area contributed by atoms with Crippen molar-refractivity contribution in [2.45, 2.75) is 9.79 Å². The van der Waals surface area contributed by atoms with E-state index < -0.39 is 0 Å². The summed E-state index contributed by atoms with van der Waals surface area (Å²) in [6.45, 7) is 0. The van der Waals surface area contributed by atoms with Crippen molar-refractivity contribution < 1.29 is 12.4 Å². The zero-order valence-electron chi connectivity index (χ0n) is 15.7. The highest BCUT2D eigenvalue weighted by atomic mass is 35.5. The van der Waals surface area contributed by atoms with E-state index in [1.165, 1.54) is 35.2 Å². The van der Waals surface area contributed by atoms with Crippen LogP contribution in [0.3, 0.4) is 0 Å². The van der Waals surface area contributed by atoms with E-state index in [2.05, 4.69) is 115 Å². The first-order valence-electron chi connectivity index (χ1n) is 9.33. The van der Waals surface area contributed by atoms with Gasteiger partial charge in [-0.15, -0.1) is 0 Å². The molecule has 1 heterocycles. The van der Waals surface area contributed by atoms with E-state index in [4.69, 9.17) is 0 Å². The normalized spacial score (nSPS) is 11.2. The summed E-state index contributed by atoms with van der Waals surface area (Å²) < 4.78 is 1.42. The molecule has 0 aliphatic rings. The molecular weight excluding hydrogens is 412 g/mol. The minimum Gasteiger partial charge on any atom is -1.00 e. The fraction of sp³-hybridized carbons (Fsp3) is 0. The Bertz CT molecular complexity index is 1210. The van der Waals surface area contributed by atoms with Gasteiger partial charge >= 0.3 is 0 Å². The summed E-state index contributed by atoms with van der Waals surface area (Å²) in [5.74, 6) is 0. The van der Waals surface area contributed by atoms with Crippen molar-refractivity contribution in [3.8, 4) is 15.3 Å². The van der Waals surface area contributed by atoms with Crippen molar-refractivity contribution in [1.82, 2.24) is 0 Å². The van der Waals surface area contributed by atoms with E-state index in [1.54, 1.807) is 0 Å². The van der Waals surface area contributed by atoms with Crippen LogP contribution in [0, 0.1) is 0 Å². The third-order valence-electron chi connectivity index (χ3n) is 4.74. The van der Waals surface area contributed by atoms with Crippen molar-refractivity contribution in [3.05, 3.63) is 115 Å². The van der Waals surface area contributed by atoms with E-state index in [1.807, 2.05) is 11.8 Å². The molecule has 29 heavy (non-hydrogen) atoms. The van der Waals surface area contributed by atoms with Crippen LogP contribution in [0.4, 0.5) is 0 Å². The second kappa shape index (κ2) is 8.87. The summed E-state index contributed by atoms with van der Waals surface area (Å²) in [5.41, 5.74) is 1.31. The minimum absolute atomic E-state index is 0. The van der Waals surface area contributed by atoms with Gasteiger partial charge in [0.2, 0.25) is 4.88 Å². The molecular formula is C26H19ClS2. The Balaban J connectivity index is 0.00000205. The lowest BCUT2D eigenvalue weighted by molar-refractivity contribution is -0.00000520. The summed E-state index contributed by atoms with van der Waals surface area (Å²) >= 11 is 1.88. The van der Waals surface area contributed by atoms with Crippen molar-refractivity contribution in [3.63, 3.8) is 0 Å². The molecule has 1 aromatic heterocycles. The molecule has 0 bridgehead atoms. The molecule has 0 amide bonds. The number of benzene rings is 4. The maximum absolute atomic E-state index is 2.30. The van der Waals surface area contributed by atoms with Crippen LogP contribution in [0.5, 0.6) is 0 Å². The molecule has 4 aromatic carbocycles. The van der Waals surface area contributed by atoms with Crippen LogP contribution in [0.1, 0.15) is 0 Å². The fourth-order valence-electron chi connectivity index (χ4n) is 3.50. The van der Waals surface area contributed by atoms with E-state index in [9.17, 15) is 0 Å². The lowest BCUT2D eigenvalue weighted by Crippen LogP contribution is -3.00. The average molecular weight is 431 g/mol. The summed E-state index contributed by atoms with van der Waals surface area (Å²) in [6, 6.07) is 41.4. The van der Waals surface area contributed by atoms with Gasteiger partial charge in [-0.1, -0.05) is 78.5 Å². The maximum Gasteiger partial charge on any atom is 0.201 e. The molecule has 0 spiro atoms. The standard InChI is InChI=1S/C26H19S2.ClH/c1-4-12-20(13-5-1)26-25(27-21-14-6-2-7-15-21)23-18-10-11-19-24(23)28(26)22-16-8-3-9-17-22;/h1-19H;1H/q+1;/p-1. The molecule has 0 saturated heterocycles. The Hall–Kier alpha value is -2.52. The predicted molar refractivity (Wildman–Crippen MR) is 124 cm³/mol. The van der Waals surface area contributed by atoms with E-state index in [0.29, 0.717) is 0 Å². The zero-order valence-corrected chi connectivity index (χ0v) is 18.1. The predicted octanol–water partition coefficient (Wildman–Crippen LogP) is 5.40. The summed E-state index contributed by atoms with van der Waals surface area (Å²) in [6.07, 6.45) is 0. The van der Waals surface area contributed by atoms with Gasteiger partial charge in [0.05, 0.1) is 10.3 Å². The SMILES string of the molecule is [Cl-].c1ccc(Sc2c(-c3ccccc3)[s+](-c3ccccc3)c3ccccc23)cc1. The third-order valence-corrected chi connectivity index (χ3v) is 8.39. The van der Waals surface area contributed by atoms with Gasteiger partial charge in [0, 0.05) is 20.9 Å². The number of hydrogen-bond donors (Lipinski definition) is 0. The highest BCUT2D eigenvalue weighted by Gasteiger charge is 2.30. The molecule has 5 aromatic rings. The van der Waals surface area contributed by atoms with E-state index in [-0.39, 0.29) is 22.9 Å². The van der Waals surface area contributed by atoms with Crippen LogP contribution in [0.25, 0.3) is 25.4 Å². The van der Waals surface area contributed by atoms with E-state index >= 15 is 0 Å². The van der Waals surface area contributed by atoms with Crippen molar-refractivity contribution in [2.24, 2.45) is 0 Å². The number of fused-ring (bicyclic) bond motifs is 1. The van der Waals surface area contributed by atoms with Gasteiger partial charge in [-0.25, -0.2) is 0 Å². The van der Waals surface area contributed by atoms with Crippen molar-refractivity contribution in [1.29, 1.82) is 0 Å². The molecule has 0 N–H and O–H groups in total. The third kappa shape index (κ3) is 3.84. The summed E-state index contributed by atoms with van der Waals surface area (Å²) in [5, 5.41) is 1.36. The smallest absolute Gasteiger partial charge is 0.201 e. The van der Waals surface area contributed by atoms with Gasteiger partial charge < -0.3 is 12.4 Å². The Morgan fingerprint density at radius 2 is 1.10 bits per heavy atom. The monoisotopic (exact) mass is 430 g/mol. The van der Waals surface area contributed by atoms with Crippen molar-refractivity contribution >= 4 is 32.3 Å². The highest BCUT2D eigenvalue weighted by Crippen LogP contribution is 2.55. The molecule has 5 rings (SSSR count). The quantitative estimate of drug-likeness (QED) is 0.344. The molecule has 142 valence electrons. The minimum atomic E-state index is -0.0993. The van der Waals surface area contributed by atoms with Crippen LogP contribution in [0.15, 0.2) is 125 Å². The first-order valence-corrected chi connectivity index (χ1v) is 11.4. The zero-order chi connectivity index (χ0) is 18.8. The Labute approximate surface area is 184 Å². The van der Waals surface area contributed by atoms with Gasteiger partial charge in [0.1, 0.15) is 0 Å². The summed E-state index contributed by atoms with van der Waals surface area (Å²) in [7, 11) is -0.0993. The number of hydrogen-bond acceptors (Lipinski definition) is 1. The molecule has 1 atom stereocenters. The van der Waals surface area contributed by atoms with Gasteiger partial charge in [-0.05, 0) is 48.5 Å². The Kier molecular flexibility index (Phi) is 6.05. The van der Waals surface area contributed by atoms with Gasteiger partial charge in [-0.3, -0.25) is 0 Å². The number of thiophene rings is 1. The lowest BCUT2D eigenvalue weighted by atomic mass is 10.1.